The highest BCUT2D eigenvalue weighted by molar-refractivity contribution is 14.1. The molecule has 2 N–H and O–H groups in total. The molecule has 2 aliphatic rings. The van der Waals surface area contributed by atoms with Gasteiger partial charge in [0.15, 0.2) is 17.3 Å². The molecule has 0 spiro atoms. The highest BCUT2D eigenvalue weighted by Crippen LogP contribution is 2.46. The second kappa shape index (κ2) is 8.42. The molecule has 0 radical (unpaired) electrons. The Balaban J connectivity index is 2.24. The van der Waals surface area contributed by atoms with Crippen molar-refractivity contribution in [3.05, 3.63) is 44.1 Å². The highest BCUT2D eigenvalue weighted by Gasteiger charge is 2.41. The molecular formula is C20H22INO6. The van der Waals surface area contributed by atoms with E-state index in [9.17, 15) is 9.59 Å². The van der Waals surface area contributed by atoms with Crippen molar-refractivity contribution in [1.29, 1.82) is 0 Å². The van der Waals surface area contributed by atoms with Crippen LogP contribution in [0.4, 0.5) is 0 Å². The normalized spacial score (nSPS) is 19.1. The molecule has 3 rings (SSSR count). The van der Waals surface area contributed by atoms with Gasteiger partial charge in [0.2, 0.25) is 5.88 Å². The molecule has 1 aromatic carbocycles. The number of hydrogen-bond donors (Lipinski definition) is 1. The number of carbonyl (C=O) groups is 2. The maximum absolute atomic E-state index is 12.8. The van der Waals surface area contributed by atoms with Crippen molar-refractivity contribution in [2.24, 2.45) is 5.73 Å². The number of ketones is 1. The largest absolute Gasteiger partial charge is 0.492 e. The summed E-state index contributed by atoms with van der Waals surface area (Å²) in [6, 6.07) is 3.64. The lowest BCUT2D eigenvalue weighted by atomic mass is 9.77. The second-order valence-corrected chi connectivity index (χ2v) is 7.55. The number of Topliss-reactive ketones (excluding diaryl/α,β-unsaturated/α-hetero) is 1. The molecule has 0 saturated heterocycles. The molecular weight excluding hydrogens is 477 g/mol. The van der Waals surface area contributed by atoms with E-state index in [0.717, 1.165) is 3.57 Å². The first-order valence-corrected chi connectivity index (χ1v) is 10.0. The van der Waals surface area contributed by atoms with E-state index in [0.29, 0.717) is 54.3 Å². The molecule has 0 fully saturated rings. The average Bonchev–Trinajstić information content (AvgIpc) is 2.66. The van der Waals surface area contributed by atoms with Gasteiger partial charge in [-0.15, -0.1) is 0 Å². The minimum Gasteiger partial charge on any atom is -0.492 e. The Kier molecular flexibility index (Phi) is 6.17. The van der Waals surface area contributed by atoms with Gasteiger partial charge in [0.1, 0.15) is 11.3 Å². The Hall–Kier alpha value is -2.23. The molecule has 8 heteroatoms. The molecule has 0 aromatic heterocycles. The minimum absolute atomic E-state index is 0.0333. The van der Waals surface area contributed by atoms with E-state index >= 15 is 0 Å². The zero-order chi connectivity index (χ0) is 20.4. The van der Waals surface area contributed by atoms with Crippen LogP contribution in [0.3, 0.4) is 0 Å². The van der Waals surface area contributed by atoms with Crippen LogP contribution in [-0.4, -0.2) is 32.6 Å². The first-order valence-electron chi connectivity index (χ1n) is 8.95. The van der Waals surface area contributed by atoms with Crippen molar-refractivity contribution >= 4 is 34.3 Å². The van der Waals surface area contributed by atoms with Crippen LogP contribution in [0.5, 0.6) is 11.5 Å². The molecule has 0 bridgehead atoms. The number of nitrogens with two attached hydrogens (primary N) is 1. The van der Waals surface area contributed by atoms with Gasteiger partial charge >= 0.3 is 5.97 Å². The van der Waals surface area contributed by atoms with Crippen molar-refractivity contribution in [1.82, 2.24) is 0 Å². The molecule has 7 nitrogen and oxygen atoms in total. The van der Waals surface area contributed by atoms with Gasteiger partial charge in [0, 0.05) is 18.4 Å². The van der Waals surface area contributed by atoms with Gasteiger partial charge in [0.25, 0.3) is 0 Å². The van der Waals surface area contributed by atoms with Crippen LogP contribution in [0.1, 0.15) is 37.7 Å². The number of methoxy groups -OCH3 is 2. The SMILES string of the molecule is CCOc1cc([C@H]2C(C(=O)OC)=C(N)OC3=C2C(=O)CCC3)cc(I)c1OC. The number of rotatable bonds is 5. The predicted octanol–water partition coefficient (Wildman–Crippen LogP) is 3.16. The van der Waals surface area contributed by atoms with Crippen molar-refractivity contribution in [2.75, 3.05) is 20.8 Å². The van der Waals surface area contributed by atoms with Crippen LogP contribution in [0.25, 0.3) is 0 Å². The predicted molar refractivity (Wildman–Crippen MR) is 110 cm³/mol. The smallest absolute Gasteiger partial charge is 0.340 e. The van der Waals surface area contributed by atoms with Crippen molar-refractivity contribution in [2.45, 2.75) is 32.1 Å². The lowest BCUT2D eigenvalue weighted by Crippen LogP contribution is -2.31. The summed E-state index contributed by atoms with van der Waals surface area (Å²) in [6.45, 7) is 2.31. The summed E-state index contributed by atoms with van der Waals surface area (Å²) in [5, 5.41) is 0. The van der Waals surface area contributed by atoms with Gasteiger partial charge < -0.3 is 24.7 Å². The molecule has 0 saturated carbocycles. The fourth-order valence-corrected chi connectivity index (χ4v) is 4.46. The standard InChI is InChI=1S/C20H22INO6/c1-4-27-14-9-10(8-11(21)18(14)25-2)15-16-12(23)6-5-7-13(16)28-19(22)17(15)20(24)26-3/h8-9,15H,4-7,22H2,1-3H3/t15-/m1/s1. The Bertz CT molecular complexity index is 889. The molecule has 1 heterocycles. The Morgan fingerprint density at radius 2 is 2.07 bits per heavy atom. The minimum atomic E-state index is -0.678. The lowest BCUT2D eigenvalue weighted by molar-refractivity contribution is -0.136. The van der Waals surface area contributed by atoms with Gasteiger partial charge in [-0.25, -0.2) is 4.79 Å². The summed E-state index contributed by atoms with van der Waals surface area (Å²) in [7, 11) is 2.84. The van der Waals surface area contributed by atoms with Crippen molar-refractivity contribution < 1.29 is 28.5 Å². The number of halogens is 1. The van der Waals surface area contributed by atoms with E-state index < -0.39 is 11.9 Å². The van der Waals surface area contributed by atoms with E-state index in [1.54, 1.807) is 13.2 Å². The van der Waals surface area contributed by atoms with Crippen LogP contribution < -0.4 is 15.2 Å². The molecule has 0 amide bonds. The maximum atomic E-state index is 12.8. The molecule has 1 aromatic rings. The monoisotopic (exact) mass is 499 g/mol. The van der Waals surface area contributed by atoms with E-state index in [1.165, 1.54) is 7.11 Å². The van der Waals surface area contributed by atoms with E-state index in [1.807, 2.05) is 13.0 Å². The summed E-state index contributed by atoms with van der Waals surface area (Å²) >= 11 is 2.14. The molecule has 1 atom stereocenters. The van der Waals surface area contributed by atoms with E-state index in [-0.39, 0.29) is 17.2 Å². The first kappa shape index (κ1) is 20.5. The van der Waals surface area contributed by atoms with Crippen LogP contribution >= 0.6 is 22.6 Å². The quantitative estimate of drug-likeness (QED) is 0.491. The van der Waals surface area contributed by atoms with Gasteiger partial charge in [-0.3, -0.25) is 4.79 Å². The van der Waals surface area contributed by atoms with Crippen LogP contribution in [0.2, 0.25) is 0 Å². The second-order valence-electron chi connectivity index (χ2n) is 6.39. The number of carbonyl (C=O) groups excluding carboxylic acids is 2. The van der Waals surface area contributed by atoms with Crippen LogP contribution in [0.15, 0.2) is 34.9 Å². The van der Waals surface area contributed by atoms with Gasteiger partial charge in [-0.1, -0.05) is 0 Å². The number of allylic oxidation sites excluding steroid dienone is 2. The molecule has 150 valence electrons. The fourth-order valence-electron chi connectivity index (χ4n) is 3.61. The molecule has 28 heavy (non-hydrogen) atoms. The number of esters is 1. The number of hydrogen-bond acceptors (Lipinski definition) is 7. The van der Waals surface area contributed by atoms with E-state index in [2.05, 4.69) is 22.6 Å². The Morgan fingerprint density at radius 3 is 2.71 bits per heavy atom. The first-order chi connectivity index (χ1) is 13.4. The van der Waals surface area contributed by atoms with Crippen molar-refractivity contribution in [3.8, 4) is 11.5 Å². The summed E-state index contributed by atoms with van der Waals surface area (Å²) in [6.07, 6.45) is 1.69. The third kappa shape index (κ3) is 3.57. The van der Waals surface area contributed by atoms with Crippen molar-refractivity contribution in [3.63, 3.8) is 0 Å². The van der Waals surface area contributed by atoms with E-state index in [4.69, 9.17) is 24.7 Å². The molecule has 1 aliphatic carbocycles. The van der Waals surface area contributed by atoms with Crippen LogP contribution in [-0.2, 0) is 19.1 Å². The number of ether oxygens (including phenoxy) is 4. The molecule has 0 unspecified atom stereocenters. The van der Waals surface area contributed by atoms with Gasteiger partial charge in [0.05, 0.1) is 30.3 Å². The highest BCUT2D eigenvalue weighted by atomic mass is 127. The topological polar surface area (TPSA) is 97.1 Å². The average molecular weight is 499 g/mol. The summed E-state index contributed by atoms with van der Waals surface area (Å²) in [5.41, 5.74) is 7.36. The Morgan fingerprint density at radius 1 is 1.32 bits per heavy atom. The lowest BCUT2D eigenvalue weighted by Gasteiger charge is -2.32. The Labute approximate surface area is 177 Å². The van der Waals surface area contributed by atoms with Crippen LogP contribution in [0, 0.1) is 3.57 Å². The van der Waals surface area contributed by atoms with Gasteiger partial charge in [-0.2, -0.15) is 0 Å². The zero-order valence-electron chi connectivity index (χ0n) is 16.0. The van der Waals surface area contributed by atoms with Gasteiger partial charge in [-0.05, 0) is 53.6 Å². The summed E-state index contributed by atoms with van der Waals surface area (Å²) in [5.74, 6) is 0.262. The maximum Gasteiger partial charge on any atom is 0.340 e. The fraction of sp³-hybridized carbons (Fsp3) is 0.400. The summed E-state index contributed by atoms with van der Waals surface area (Å²) < 4.78 is 22.6. The molecule has 1 aliphatic heterocycles. The third-order valence-electron chi connectivity index (χ3n) is 4.76. The third-order valence-corrected chi connectivity index (χ3v) is 5.56. The number of benzene rings is 1. The zero-order valence-corrected chi connectivity index (χ0v) is 18.1. The summed E-state index contributed by atoms with van der Waals surface area (Å²) in [4.78, 5) is 25.3.